The largest absolute Gasteiger partial charge is 0.399 e. The maximum absolute atomic E-state index is 6.32. The number of aliphatic imine (C=N–C) groups is 1. The first kappa shape index (κ1) is 17.7. The van der Waals surface area contributed by atoms with E-state index >= 15 is 0 Å². The smallest absolute Gasteiger partial charge is 0.0610 e. The molecule has 3 aromatic rings. The van der Waals surface area contributed by atoms with E-state index in [1.807, 2.05) is 0 Å². The quantitative estimate of drug-likeness (QED) is 0.526. The standard InChI is InChI=1S/C24H24BrN3/c1-13-11-27-15(3)23(13)17-8-20(14(2)26)24-21(9-17)19-7-6-18(25)10-22(19)28(24)12-16-4-5-16/h6-10,16H,2,4-5,11-12,26H2,1,3H3. The van der Waals surface area contributed by atoms with Crippen LogP contribution in [0.3, 0.4) is 0 Å². The summed E-state index contributed by atoms with van der Waals surface area (Å²) in [6.45, 7) is 10.2. The molecule has 2 aliphatic rings. The Bertz CT molecular complexity index is 1220. The molecule has 0 bridgehead atoms. The van der Waals surface area contributed by atoms with Gasteiger partial charge in [-0.25, -0.2) is 0 Å². The molecule has 2 aromatic carbocycles. The number of hydrogen-bond donors (Lipinski definition) is 1. The van der Waals surface area contributed by atoms with Crippen LogP contribution in [0.2, 0.25) is 0 Å². The molecule has 1 fully saturated rings. The zero-order valence-corrected chi connectivity index (χ0v) is 17.9. The minimum atomic E-state index is 0.622. The van der Waals surface area contributed by atoms with Crippen LogP contribution in [0.1, 0.15) is 37.8 Å². The highest BCUT2D eigenvalue weighted by atomic mass is 79.9. The summed E-state index contributed by atoms with van der Waals surface area (Å²) in [5.74, 6) is 0.769. The van der Waals surface area contributed by atoms with Gasteiger partial charge in [-0.2, -0.15) is 0 Å². The number of rotatable bonds is 4. The third-order valence-corrected chi connectivity index (χ3v) is 6.53. The van der Waals surface area contributed by atoms with Crippen molar-refractivity contribution in [2.24, 2.45) is 16.6 Å². The van der Waals surface area contributed by atoms with E-state index in [4.69, 9.17) is 5.73 Å². The van der Waals surface area contributed by atoms with Crippen LogP contribution in [-0.4, -0.2) is 16.8 Å². The molecule has 0 atom stereocenters. The Morgan fingerprint density at radius 1 is 1.21 bits per heavy atom. The summed E-state index contributed by atoms with van der Waals surface area (Å²) >= 11 is 3.66. The summed E-state index contributed by atoms with van der Waals surface area (Å²) < 4.78 is 3.56. The Labute approximate surface area is 173 Å². The molecule has 1 aliphatic carbocycles. The zero-order chi connectivity index (χ0) is 19.6. The predicted molar refractivity (Wildman–Crippen MR) is 124 cm³/mol. The van der Waals surface area contributed by atoms with Gasteiger partial charge in [0.05, 0.1) is 17.6 Å². The normalized spacial score (nSPS) is 17.0. The fraction of sp³-hybridized carbons (Fsp3) is 0.292. The summed E-state index contributed by atoms with van der Waals surface area (Å²) in [7, 11) is 0. The first-order valence-electron chi connectivity index (χ1n) is 9.86. The number of halogens is 1. The van der Waals surface area contributed by atoms with Gasteiger partial charge >= 0.3 is 0 Å². The summed E-state index contributed by atoms with van der Waals surface area (Å²) in [6, 6.07) is 11.1. The molecule has 3 nitrogen and oxygen atoms in total. The zero-order valence-electron chi connectivity index (χ0n) is 16.3. The molecular formula is C24H24BrN3. The van der Waals surface area contributed by atoms with E-state index in [0.717, 1.165) is 34.8 Å². The Balaban J connectivity index is 1.89. The monoisotopic (exact) mass is 433 g/mol. The van der Waals surface area contributed by atoms with Gasteiger partial charge in [0.2, 0.25) is 0 Å². The molecule has 0 saturated heterocycles. The molecule has 28 heavy (non-hydrogen) atoms. The number of allylic oxidation sites excluding steroid dienone is 1. The SMILES string of the molecule is C=C(N)c1cc(C2=C(C)CN=C2C)cc2c3ccc(Br)cc3n(CC3CC3)c12. The van der Waals surface area contributed by atoms with Crippen LogP contribution < -0.4 is 5.73 Å². The van der Waals surface area contributed by atoms with Crippen LogP contribution in [0.25, 0.3) is 33.1 Å². The van der Waals surface area contributed by atoms with Gasteiger partial charge in [-0.1, -0.05) is 28.6 Å². The second kappa shape index (κ2) is 6.35. The number of nitrogens with two attached hydrogens (primary N) is 1. The average Bonchev–Trinajstić information content (AvgIpc) is 3.35. The van der Waals surface area contributed by atoms with Gasteiger partial charge in [-0.15, -0.1) is 0 Å². The van der Waals surface area contributed by atoms with Crippen molar-refractivity contribution in [3.8, 4) is 0 Å². The van der Waals surface area contributed by atoms with Crippen molar-refractivity contribution < 1.29 is 0 Å². The van der Waals surface area contributed by atoms with Gasteiger partial charge in [0.1, 0.15) is 0 Å². The first-order valence-corrected chi connectivity index (χ1v) is 10.6. The van der Waals surface area contributed by atoms with Crippen LogP contribution in [0.4, 0.5) is 0 Å². The number of aromatic nitrogens is 1. The van der Waals surface area contributed by atoms with Crippen LogP contribution in [-0.2, 0) is 6.54 Å². The van der Waals surface area contributed by atoms with E-state index in [2.05, 4.69) is 76.2 Å². The van der Waals surface area contributed by atoms with Crippen molar-refractivity contribution in [3.63, 3.8) is 0 Å². The maximum atomic E-state index is 6.32. The van der Waals surface area contributed by atoms with Crippen LogP contribution in [0, 0.1) is 5.92 Å². The van der Waals surface area contributed by atoms with E-state index in [0.29, 0.717) is 5.70 Å². The minimum absolute atomic E-state index is 0.622. The van der Waals surface area contributed by atoms with Crippen LogP contribution in [0.5, 0.6) is 0 Å². The second-order valence-corrected chi connectivity index (χ2v) is 9.13. The lowest BCUT2D eigenvalue weighted by atomic mass is 9.94. The molecule has 0 spiro atoms. The molecule has 142 valence electrons. The Morgan fingerprint density at radius 3 is 2.64 bits per heavy atom. The van der Waals surface area contributed by atoms with Crippen molar-refractivity contribution in [3.05, 3.63) is 58.1 Å². The fourth-order valence-electron chi connectivity index (χ4n) is 4.50. The lowest BCUT2D eigenvalue weighted by molar-refractivity contribution is 0.663. The lowest BCUT2D eigenvalue weighted by Gasteiger charge is -2.14. The van der Waals surface area contributed by atoms with Gasteiger partial charge in [0.15, 0.2) is 0 Å². The molecular weight excluding hydrogens is 410 g/mol. The summed E-state index contributed by atoms with van der Waals surface area (Å²) in [6.07, 6.45) is 2.63. The summed E-state index contributed by atoms with van der Waals surface area (Å²) in [4.78, 5) is 4.63. The van der Waals surface area contributed by atoms with Gasteiger partial charge in [-0.3, -0.25) is 4.99 Å². The predicted octanol–water partition coefficient (Wildman–Crippen LogP) is 6.14. The Kier molecular flexibility index (Phi) is 4.02. The van der Waals surface area contributed by atoms with Crippen molar-refractivity contribution in [1.82, 2.24) is 4.57 Å². The summed E-state index contributed by atoms with van der Waals surface area (Å²) in [5, 5.41) is 2.52. The average molecular weight is 434 g/mol. The molecule has 0 unspecified atom stereocenters. The molecule has 5 rings (SSSR count). The molecule has 1 aromatic heterocycles. The number of benzene rings is 2. The lowest BCUT2D eigenvalue weighted by Crippen LogP contribution is -2.05. The third kappa shape index (κ3) is 2.74. The van der Waals surface area contributed by atoms with E-state index in [9.17, 15) is 0 Å². The molecule has 2 heterocycles. The number of hydrogen-bond acceptors (Lipinski definition) is 2. The van der Waals surface area contributed by atoms with Crippen molar-refractivity contribution in [2.45, 2.75) is 33.2 Å². The van der Waals surface area contributed by atoms with Gasteiger partial charge in [0.25, 0.3) is 0 Å². The topological polar surface area (TPSA) is 43.3 Å². The fourth-order valence-corrected chi connectivity index (χ4v) is 4.85. The molecule has 1 aliphatic heterocycles. The van der Waals surface area contributed by atoms with Crippen LogP contribution >= 0.6 is 15.9 Å². The van der Waals surface area contributed by atoms with Crippen molar-refractivity contribution >= 4 is 54.7 Å². The second-order valence-electron chi connectivity index (χ2n) is 8.22. The third-order valence-electron chi connectivity index (χ3n) is 6.03. The minimum Gasteiger partial charge on any atom is -0.399 e. The summed E-state index contributed by atoms with van der Waals surface area (Å²) in [5.41, 5.74) is 15.3. The first-order chi connectivity index (χ1) is 13.4. The highest BCUT2D eigenvalue weighted by Gasteiger charge is 2.26. The highest BCUT2D eigenvalue weighted by molar-refractivity contribution is 9.10. The van der Waals surface area contributed by atoms with Crippen LogP contribution in [0.15, 0.2) is 51.9 Å². The number of nitrogens with zero attached hydrogens (tertiary/aromatic N) is 2. The van der Waals surface area contributed by atoms with Gasteiger partial charge < -0.3 is 10.3 Å². The Hall–Kier alpha value is -2.33. The molecule has 0 radical (unpaired) electrons. The van der Waals surface area contributed by atoms with Gasteiger partial charge in [0, 0.05) is 44.3 Å². The highest BCUT2D eigenvalue weighted by Crippen LogP contribution is 2.40. The molecule has 1 saturated carbocycles. The molecule has 2 N–H and O–H groups in total. The van der Waals surface area contributed by atoms with Crippen molar-refractivity contribution in [1.29, 1.82) is 0 Å². The Morgan fingerprint density at radius 2 is 2.00 bits per heavy atom. The van der Waals surface area contributed by atoms with E-state index in [-0.39, 0.29) is 0 Å². The molecule has 4 heteroatoms. The van der Waals surface area contributed by atoms with Gasteiger partial charge in [-0.05, 0) is 68.0 Å². The molecule has 0 amide bonds. The maximum Gasteiger partial charge on any atom is 0.0610 e. The van der Waals surface area contributed by atoms with E-state index in [1.165, 1.54) is 51.4 Å². The van der Waals surface area contributed by atoms with Crippen molar-refractivity contribution in [2.75, 3.05) is 6.54 Å². The van der Waals surface area contributed by atoms with E-state index in [1.54, 1.807) is 0 Å². The van der Waals surface area contributed by atoms with E-state index < -0.39 is 0 Å². The number of fused-ring (bicyclic) bond motifs is 3.